The number of nitrogens with zero attached hydrogens (tertiary/aromatic N) is 2. The summed E-state index contributed by atoms with van der Waals surface area (Å²) in [6.07, 6.45) is 6.36. The number of methoxy groups -OCH3 is 2. The van der Waals surface area contributed by atoms with Crippen molar-refractivity contribution in [3.8, 4) is 11.5 Å². The number of aromatic nitrogens is 1. The highest BCUT2D eigenvalue weighted by atomic mass is 16.5. The molecule has 0 bridgehead atoms. The largest absolute Gasteiger partial charge is 0.496 e. The molecule has 2 heterocycles. The van der Waals surface area contributed by atoms with E-state index in [-0.39, 0.29) is 11.9 Å². The van der Waals surface area contributed by atoms with Gasteiger partial charge in [0.2, 0.25) is 0 Å². The van der Waals surface area contributed by atoms with E-state index in [1.807, 2.05) is 43.3 Å². The zero-order chi connectivity index (χ0) is 18.7. The molecule has 2 aromatic rings. The molecule has 1 unspecified atom stereocenters. The molecule has 1 saturated heterocycles. The lowest BCUT2D eigenvalue weighted by Gasteiger charge is -2.31. The highest BCUT2D eigenvalue weighted by molar-refractivity contribution is 5.95. The fourth-order valence-electron chi connectivity index (χ4n) is 3.85. The number of rotatable bonds is 4. The lowest BCUT2D eigenvalue weighted by atomic mass is 10.0. The highest BCUT2D eigenvalue weighted by Gasteiger charge is 2.29. The average molecular weight is 356 g/mol. The third-order valence-electron chi connectivity index (χ3n) is 5.34. The number of amides is 1. The van der Waals surface area contributed by atoms with Gasteiger partial charge in [0.1, 0.15) is 11.5 Å². The van der Waals surface area contributed by atoms with Crippen LogP contribution in [0.1, 0.15) is 53.3 Å². The molecule has 0 spiro atoms. The SMILES string of the molecule is COc1cc(C(=O)N2CCCCCC2c2cccn2C)cc(OC)c1C. The Labute approximate surface area is 155 Å². The average Bonchev–Trinajstić information content (AvgIpc) is 2.93. The molecular formula is C21H28N2O3. The lowest BCUT2D eigenvalue weighted by Crippen LogP contribution is -2.35. The number of benzene rings is 1. The summed E-state index contributed by atoms with van der Waals surface area (Å²) in [5, 5.41) is 0. The van der Waals surface area contributed by atoms with Gasteiger partial charge in [0.15, 0.2) is 0 Å². The molecule has 140 valence electrons. The molecular weight excluding hydrogens is 328 g/mol. The van der Waals surface area contributed by atoms with Gasteiger partial charge in [-0.25, -0.2) is 0 Å². The van der Waals surface area contributed by atoms with Crippen LogP contribution in [0.3, 0.4) is 0 Å². The molecule has 0 aliphatic carbocycles. The van der Waals surface area contributed by atoms with Crippen molar-refractivity contribution in [3.63, 3.8) is 0 Å². The molecule has 5 heteroatoms. The van der Waals surface area contributed by atoms with Gasteiger partial charge in [0.25, 0.3) is 5.91 Å². The quantitative estimate of drug-likeness (QED) is 0.828. The monoisotopic (exact) mass is 356 g/mol. The minimum absolute atomic E-state index is 0.0368. The Morgan fingerprint density at radius 2 is 1.81 bits per heavy atom. The molecule has 5 nitrogen and oxygen atoms in total. The van der Waals surface area contributed by atoms with Crippen molar-refractivity contribution in [1.82, 2.24) is 9.47 Å². The van der Waals surface area contributed by atoms with Crippen LogP contribution in [0.5, 0.6) is 11.5 Å². The van der Waals surface area contributed by atoms with Crippen molar-refractivity contribution >= 4 is 5.91 Å². The van der Waals surface area contributed by atoms with Gasteiger partial charge in [-0.1, -0.05) is 12.8 Å². The van der Waals surface area contributed by atoms with Gasteiger partial charge in [-0.3, -0.25) is 4.79 Å². The lowest BCUT2D eigenvalue weighted by molar-refractivity contribution is 0.0673. The van der Waals surface area contributed by atoms with Crippen LogP contribution in [0.2, 0.25) is 0 Å². The fourth-order valence-corrected chi connectivity index (χ4v) is 3.85. The van der Waals surface area contributed by atoms with Crippen LogP contribution >= 0.6 is 0 Å². The molecule has 26 heavy (non-hydrogen) atoms. The van der Waals surface area contributed by atoms with E-state index in [1.165, 1.54) is 5.69 Å². The smallest absolute Gasteiger partial charge is 0.254 e. The number of ether oxygens (including phenoxy) is 2. The van der Waals surface area contributed by atoms with Crippen LogP contribution in [-0.4, -0.2) is 36.1 Å². The molecule has 1 amide bonds. The minimum atomic E-state index is 0.0368. The van der Waals surface area contributed by atoms with E-state index >= 15 is 0 Å². The van der Waals surface area contributed by atoms with E-state index in [2.05, 4.69) is 10.6 Å². The van der Waals surface area contributed by atoms with Crippen molar-refractivity contribution in [2.45, 2.75) is 38.6 Å². The molecule has 0 saturated carbocycles. The summed E-state index contributed by atoms with van der Waals surface area (Å²) in [6.45, 7) is 2.71. The van der Waals surface area contributed by atoms with Crippen LogP contribution < -0.4 is 9.47 Å². The topological polar surface area (TPSA) is 43.7 Å². The number of hydrogen-bond donors (Lipinski definition) is 0. The summed E-state index contributed by atoms with van der Waals surface area (Å²) in [7, 11) is 5.28. The second kappa shape index (κ2) is 7.85. The maximum Gasteiger partial charge on any atom is 0.254 e. The van der Waals surface area contributed by atoms with Crippen LogP contribution in [-0.2, 0) is 7.05 Å². The third kappa shape index (κ3) is 3.43. The molecule has 0 N–H and O–H groups in total. The normalized spacial score (nSPS) is 17.7. The Hall–Kier alpha value is -2.43. The number of hydrogen-bond acceptors (Lipinski definition) is 3. The molecule has 1 aromatic heterocycles. The second-order valence-electron chi connectivity index (χ2n) is 6.91. The first-order valence-electron chi connectivity index (χ1n) is 9.21. The molecule has 0 radical (unpaired) electrons. The standard InChI is InChI=1S/C21H28N2O3/c1-15-19(25-3)13-16(14-20(15)26-4)21(24)23-12-7-5-6-9-18(23)17-10-8-11-22(17)2/h8,10-11,13-14,18H,5-7,9,12H2,1-4H3. The van der Waals surface area contributed by atoms with E-state index in [0.29, 0.717) is 17.1 Å². The Morgan fingerprint density at radius 1 is 1.12 bits per heavy atom. The maximum absolute atomic E-state index is 13.4. The minimum Gasteiger partial charge on any atom is -0.496 e. The van der Waals surface area contributed by atoms with E-state index in [0.717, 1.165) is 37.8 Å². The number of likely N-dealkylation sites (tertiary alicyclic amines) is 1. The summed E-state index contributed by atoms with van der Waals surface area (Å²) in [5.74, 6) is 1.39. The second-order valence-corrected chi connectivity index (χ2v) is 6.91. The van der Waals surface area contributed by atoms with Gasteiger partial charge < -0.3 is 18.9 Å². The van der Waals surface area contributed by atoms with Gasteiger partial charge in [0, 0.05) is 36.6 Å². The van der Waals surface area contributed by atoms with Gasteiger partial charge in [-0.2, -0.15) is 0 Å². The van der Waals surface area contributed by atoms with Gasteiger partial charge >= 0.3 is 0 Å². The summed E-state index contributed by atoms with van der Waals surface area (Å²) < 4.78 is 13.0. The number of carbonyl (C=O) groups excluding carboxylic acids is 1. The van der Waals surface area contributed by atoms with E-state index < -0.39 is 0 Å². The van der Waals surface area contributed by atoms with E-state index in [1.54, 1.807) is 14.2 Å². The first kappa shape index (κ1) is 18.4. The van der Waals surface area contributed by atoms with Crippen molar-refractivity contribution in [2.75, 3.05) is 20.8 Å². The first-order chi connectivity index (χ1) is 12.6. The van der Waals surface area contributed by atoms with E-state index in [9.17, 15) is 4.79 Å². The Balaban J connectivity index is 1.99. The zero-order valence-corrected chi connectivity index (χ0v) is 16.1. The molecule has 3 rings (SSSR count). The van der Waals surface area contributed by atoms with Crippen LogP contribution in [0.4, 0.5) is 0 Å². The highest BCUT2D eigenvalue weighted by Crippen LogP contribution is 2.34. The number of aryl methyl sites for hydroxylation is 1. The van der Waals surface area contributed by atoms with Crippen molar-refractivity contribution in [2.24, 2.45) is 7.05 Å². The fraction of sp³-hybridized carbons (Fsp3) is 0.476. The maximum atomic E-state index is 13.4. The predicted octanol–water partition coefficient (Wildman–Crippen LogP) is 4.11. The summed E-state index contributed by atoms with van der Waals surface area (Å²) >= 11 is 0. The first-order valence-corrected chi connectivity index (χ1v) is 9.21. The predicted molar refractivity (Wildman–Crippen MR) is 102 cm³/mol. The Kier molecular flexibility index (Phi) is 5.55. The molecule has 1 fully saturated rings. The molecule has 1 aliphatic heterocycles. The Morgan fingerprint density at radius 3 is 2.38 bits per heavy atom. The van der Waals surface area contributed by atoms with Crippen molar-refractivity contribution in [1.29, 1.82) is 0 Å². The van der Waals surface area contributed by atoms with Gasteiger partial charge in [-0.05, 0) is 44.0 Å². The zero-order valence-electron chi connectivity index (χ0n) is 16.1. The van der Waals surface area contributed by atoms with Crippen molar-refractivity contribution < 1.29 is 14.3 Å². The number of carbonyl (C=O) groups is 1. The third-order valence-corrected chi connectivity index (χ3v) is 5.34. The summed E-state index contributed by atoms with van der Waals surface area (Å²) in [6, 6.07) is 7.91. The van der Waals surface area contributed by atoms with Crippen molar-refractivity contribution in [3.05, 3.63) is 47.3 Å². The van der Waals surface area contributed by atoms with Crippen LogP contribution in [0.25, 0.3) is 0 Å². The molecule has 1 aromatic carbocycles. The molecule has 1 atom stereocenters. The van der Waals surface area contributed by atoms with Gasteiger partial charge in [-0.15, -0.1) is 0 Å². The molecule has 1 aliphatic rings. The van der Waals surface area contributed by atoms with Crippen LogP contribution in [0.15, 0.2) is 30.5 Å². The Bertz CT molecular complexity index is 756. The van der Waals surface area contributed by atoms with Gasteiger partial charge in [0.05, 0.1) is 20.3 Å². The summed E-state index contributed by atoms with van der Waals surface area (Å²) in [5.41, 5.74) is 2.71. The van der Waals surface area contributed by atoms with E-state index in [4.69, 9.17) is 9.47 Å². The van der Waals surface area contributed by atoms with Crippen LogP contribution in [0, 0.1) is 6.92 Å². The summed E-state index contributed by atoms with van der Waals surface area (Å²) in [4.78, 5) is 15.4.